The van der Waals surface area contributed by atoms with Gasteiger partial charge >= 0.3 is 0 Å². The number of hydrogen-bond donors (Lipinski definition) is 4. The van der Waals surface area contributed by atoms with Crippen LogP contribution in [0.3, 0.4) is 0 Å². The summed E-state index contributed by atoms with van der Waals surface area (Å²) in [6.45, 7) is 7.44. The molecule has 2 aromatic rings. The van der Waals surface area contributed by atoms with E-state index in [4.69, 9.17) is 0 Å². The lowest BCUT2D eigenvalue weighted by Gasteiger charge is -2.19. The van der Waals surface area contributed by atoms with Crippen molar-refractivity contribution in [3.63, 3.8) is 0 Å². The number of nitrogens with zero attached hydrogens (tertiary/aromatic N) is 1. The minimum absolute atomic E-state index is 0.207. The van der Waals surface area contributed by atoms with E-state index in [1.165, 1.54) is 11.3 Å². The molecule has 0 saturated carbocycles. The van der Waals surface area contributed by atoms with Crippen LogP contribution in [-0.2, 0) is 9.59 Å². The van der Waals surface area contributed by atoms with Gasteiger partial charge in [0.15, 0.2) is 11.2 Å². The van der Waals surface area contributed by atoms with Gasteiger partial charge in [-0.1, -0.05) is 20.3 Å². The Hall–Kier alpha value is -2.43. The van der Waals surface area contributed by atoms with Crippen molar-refractivity contribution in [3.05, 3.63) is 46.5 Å². The first kappa shape index (κ1) is 27.8. The lowest BCUT2D eigenvalue weighted by Crippen LogP contribution is -2.45. The number of thiazole rings is 1. The third-order valence-electron chi connectivity index (χ3n) is 5.32. The number of hydrogen-bond acceptors (Lipinski definition) is 6. The number of nitrogens with one attached hydrogen (secondary N) is 2. The van der Waals surface area contributed by atoms with E-state index < -0.39 is 41.2 Å². The molecule has 0 bridgehead atoms. The summed E-state index contributed by atoms with van der Waals surface area (Å²) in [7, 11) is 0. The first-order valence-corrected chi connectivity index (χ1v) is 12.1. The summed E-state index contributed by atoms with van der Waals surface area (Å²) in [5, 5.41) is 25.6. The van der Waals surface area contributed by atoms with Crippen molar-refractivity contribution in [2.75, 3.05) is 5.32 Å². The second kappa shape index (κ2) is 12.3. The highest BCUT2D eigenvalue weighted by Gasteiger charge is 2.26. The van der Waals surface area contributed by atoms with Crippen LogP contribution in [0.25, 0.3) is 0 Å². The number of rotatable bonds is 12. The first-order chi connectivity index (χ1) is 15.9. The van der Waals surface area contributed by atoms with Crippen molar-refractivity contribution in [1.82, 2.24) is 10.3 Å². The van der Waals surface area contributed by atoms with E-state index in [9.17, 15) is 28.6 Å². The van der Waals surface area contributed by atoms with Gasteiger partial charge in [0.05, 0.1) is 5.60 Å². The molecule has 1 unspecified atom stereocenters. The lowest BCUT2D eigenvalue weighted by atomic mass is 9.96. The van der Waals surface area contributed by atoms with Crippen molar-refractivity contribution >= 4 is 28.3 Å². The Bertz CT molecular complexity index is 957. The van der Waals surface area contributed by atoms with Crippen molar-refractivity contribution < 1.29 is 28.6 Å². The van der Waals surface area contributed by atoms with Gasteiger partial charge in [-0.05, 0) is 63.1 Å². The van der Waals surface area contributed by atoms with Gasteiger partial charge in [-0.3, -0.25) is 9.59 Å². The summed E-state index contributed by atoms with van der Waals surface area (Å²) < 4.78 is 26.8. The number of amides is 2. The van der Waals surface area contributed by atoms with Gasteiger partial charge in [-0.25, -0.2) is 13.8 Å². The maximum absolute atomic E-state index is 13.4. The van der Waals surface area contributed by atoms with E-state index >= 15 is 0 Å². The van der Waals surface area contributed by atoms with Crippen LogP contribution in [0.2, 0.25) is 0 Å². The molecule has 0 fully saturated rings. The molecule has 10 heteroatoms. The average molecular weight is 498 g/mol. The van der Waals surface area contributed by atoms with E-state index in [0.717, 1.165) is 29.9 Å². The highest BCUT2D eigenvalue weighted by Crippen LogP contribution is 2.30. The quantitative estimate of drug-likeness (QED) is 0.347. The number of aromatic nitrogens is 1. The Balaban J connectivity index is 1.98. The SMILES string of the molecule is CCC[C@H](NC(=O)[C@@H](O)c1cc(F)cc(F)c1)C(=O)Nc1ncc(C(C)CCCC(C)(C)O)s1. The van der Waals surface area contributed by atoms with Crippen LogP contribution in [0.4, 0.5) is 13.9 Å². The molecule has 1 aromatic carbocycles. The number of carbonyl (C=O) groups excluding carboxylic acids is 2. The topological polar surface area (TPSA) is 112 Å². The van der Waals surface area contributed by atoms with Crippen LogP contribution < -0.4 is 10.6 Å². The zero-order valence-electron chi connectivity index (χ0n) is 19.9. The fourth-order valence-corrected chi connectivity index (χ4v) is 4.35. The van der Waals surface area contributed by atoms with Gasteiger partial charge in [0.2, 0.25) is 5.91 Å². The molecular weight excluding hydrogens is 464 g/mol. The maximum Gasteiger partial charge on any atom is 0.254 e. The molecule has 0 aliphatic rings. The Kier molecular flexibility index (Phi) is 10.1. The van der Waals surface area contributed by atoms with Gasteiger partial charge in [-0.2, -0.15) is 0 Å². The van der Waals surface area contributed by atoms with Crippen LogP contribution in [0.1, 0.15) is 82.3 Å². The van der Waals surface area contributed by atoms with Gasteiger partial charge in [0, 0.05) is 17.1 Å². The predicted molar refractivity (Wildman–Crippen MR) is 127 cm³/mol. The fraction of sp³-hybridized carbons (Fsp3) is 0.542. The molecular formula is C24H33F2N3O4S. The maximum atomic E-state index is 13.4. The summed E-state index contributed by atoms with van der Waals surface area (Å²) in [6.07, 6.45) is 3.15. The van der Waals surface area contributed by atoms with E-state index in [-0.39, 0.29) is 11.5 Å². The normalized spacial score (nSPS) is 14.4. The Morgan fingerprint density at radius 3 is 2.38 bits per heavy atom. The zero-order chi connectivity index (χ0) is 25.5. The zero-order valence-corrected chi connectivity index (χ0v) is 20.7. The van der Waals surface area contributed by atoms with Crippen LogP contribution in [0.5, 0.6) is 0 Å². The molecule has 188 valence electrons. The van der Waals surface area contributed by atoms with E-state index in [1.807, 2.05) is 6.92 Å². The third-order valence-corrected chi connectivity index (χ3v) is 6.47. The number of carbonyl (C=O) groups is 2. The first-order valence-electron chi connectivity index (χ1n) is 11.3. The average Bonchev–Trinajstić information content (AvgIpc) is 3.19. The van der Waals surface area contributed by atoms with Crippen molar-refractivity contribution in [3.8, 4) is 0 Å². The number of aliphatic hydroxyl groups is 2. The van der Waals surface area contributed by atoms with Crippen molar-refractivity contribution in [2.45, 2.75) is 83.5 Å². The predicted octanol–water partition coefficient (Wildman–Crippen LogP) is 4.42. The second-order valence-corrected chi connectivity index (χ2v) is 10.2. The van der Waals surface area contributed by atoms with Crippen LogP contribution in [0.15, 0.2) is 24.4 Å². The summed E-state index contributed by atoms with van der Waals surface area (Å²) in [4.78, 5) is 30.5. The minimum Gasteiger partial charge on any atom is -0.390 e. The highest BCUT2D eigenvalue weighted by molar-refractivity contribution is 7.15. The Morgan fingerprint density at radius 1 is 1.15 bits per heavy atom. The van der Waals surface area contributed by atoms with Crippen molar-refractivity contribution in [2.24, 2.45) is 0 Å². The smallest absolute Gasteiger partial charge is 0.254 e. The number of aliphatic hydroxyl groups excluding tert-OH is 1. The molecule has 1 heterocycles. The van der Waals surface area contributed by atoms with Crippen molar-refractivity contribution in [1.29, 1.82) is 0 Å². The minimum atomic E-state index is -1.83. The highest BCUT2D eigenvalue weighted by atomic mass is 32.1. The van der Waals surface area contributed by atoms with Crippen LogP contribution in [0, 0.1) is 11.6 Å². The molecule has 0 aliphatic heterocycles. The molecule has 0 radical (unpaired) electrons. The summed E-state index contributed by atoms with van der Waals surface area (Å²) >= 11 is 1.34. The molecule has 2 amide bonds. The Morgan fingerprint density at radius 2 is 1.79 bits per heavy atom. The van der Waals surface area contributed by atoms with Gasteiger partial charge in [0.1, 0.15) is 17.7 Å². The fourth-order valence-electron chi connectivity index (χ4n) is 3.44. The van der Waals surface area contributed by atoms with Crippen LogP contribution in [-0.4, -0.2) is 38.7 Å². The molecule has 4 N–H and O–H groups in total. The monoisotopic (exact) mass is 497 g/mol. The second-order valence-electron chi connectivity index (χ2n) is 9.12. The standard InChI is InChI=1S/C24H33F2N3O4S/c1-5-7-18(28-22(32)20(30)15-10-16(25)12-17(26)11-15)21(31)29-23-27-13-19(34-23)14(2)8-6-9-24(3,4)33/h10-14,18,20,30,33H,5-9H2,1-4H3,(H,28,32)(H,27,29,31)/t14?,18-,20-/m0/s1. The molecule has 34 heavy (non-hydrogen) atoms. The summed E-state index contributed by atoms with van der Waals surface area (Å²) in [6, 6.07) is 1.41. The molecule has 7 nitrogen and oxygen atoms in total. The van der Waals surface area contributed by atoms with E-state index in [1.54, 1.807) is 20.0 Å². The van der Waals surface area contributed by atoms with Crippen LogP contribution >= 0.6 is 11.3 Å². The number of halogens is 2. The largest absolute Gasteiger partial charge is 0.390 e. The molecule has 3 atom stereocenters. The van der Waals surface area contributed by atoms with E-state index in [0.29, 0.717) is 30.5 Å². The Labute approximate surface area is 202 Å². The molecule has 0 spiro atoms. The van der Waals surface area contributed by atoms with Gasteiger partial charge < -0.3 is 20.8 Å². The summed E-state index contributed by atoms with van der Waals surface area (Å²) in [5.41, 5.74) is -0.949. The lowest BCUT2D eigenvalue weighted by molar-refractivity contribution is -0.133. The molecule has 0 saturated heterocycles. The molecule has 2 rings (SSSR count). The third kappa shape index (κ3) is 8.73. The summed E-state index contributed by atoms with van der Waals surface area (Å²) in [5.74, 6) is -3.06. The molecule has 0 aliphatic carbocycles. The molecule has 1 aromatic heterocycles. The van der Waals surface area contributed by atoms with E-state index in [2.05, 4.69) is 22.5 Å². The van der Waals surface area contributed by atoms with Gasteiger partial charge in [0.25, 0.3) is 5.91 Å². The number of anilines is 1. The number of benzene rings is 1. The van der Waals surface area contributed by atoms with Gasteiger partial charge in [-0.15, -0.1) is 11.3 Å².